The number of nitrogens with zero attached hydrogens (tertiary/aromatic N) is 1. The standard InChI is InChI=1S/C16H15N3O/c1-20-16-9-12(5-6-14(16)17)19-15-4-2-3-11-7-8-18-10-13(11)15/h2-10,19H,17H2,1H3. The Morgan fingerprint density at radius 1 is 1.15 bits per heavy atom. The van der Waals surface area contributed by atoms with Crippen LogP contribution in [0.2, 0.25) is 0 Å². The van der Waals surface area contributed by atoms with E-state index in [2.05, 4.69) is 16.4 Å². The van der Waals surface area contributed by atoms with E-state index in [0.29, 0.717) is 11.4 Å². The zero-order valence-electron chi connectivity index (χ0n) is 11.1. The van der Waals surface area contributed by atoms with E-state index in [1.54, 1.807) is 13.3 Å². The maximum absolute atomic E-state index is 5.82. The lowest BCUT2D eigenvalue weighted by Crippen LogP contribution is -1.96. The van der Waals surface area contributed by atoms with E-state index in [1.165, 1.54) is 0 Å². The molecule has 0 saturated carbocycles. The third-order valence-electron chi connectivity index (χ3n) is 3.20. The van der Waals surface area contributed by atoms with Crippen molar-refractivity contribution in [2.45, 2.75) is 0 Å². The summed E-state index contributed by atoms with van der Waals surface area (Å²) < 4.78 is 5.23. The Hall–Kier alpha value is -2.75. The van der Waals surface area contributed by atoms with Gasteiger partial charge in [0.15, 0.2) is 0 Å². The maximum atomic E-state index is 5.82. The number of hydrogen-bond donors (Lipinski definition) is 2. The van der Waals surface area contributed by atoms with Gasteiger partial charge in [0.05, 0.1) is 12.8 Å². The lowest BCUT2D eigenvalue weighted by Gasteiger charge is -2.11. The van der Waals surface area contributed by atoms with Gasteiger partial charge in [-0.05, 0) is 29.7 Å². The van der Waals surface area contributed by atoms with Gasteiger partial charge in [-0.3, -0.25) is 4.98 Å². The lowest BCUT2D eigenvalue weighted by molar-refractivity contribution is 0.417. The summed E-state index contributed by atoms with van der Waals surface area (Å²) in [6, 6.07) is 13.7. The number of anilines is 3. The molecule has 3 N–H and O–H groups in total. The van der Waals surface area contributed by atoms with Gasteiger partial charge >= 0.3 is 0 Å². The molecule has 1 heterocycles. The van der Waals surface area contributed by atoms with Crippen LogP contribution in [0.25, 0.3) is 10.8 Å². The highest BCUT2D eigenvalue weighted by molar-refractivity contribution is 5.94. The molecule has 100 valence electrons. The van der Waals surface area contributed by atoms with Gasteiger partial charge in [-0.1, -0.05) is 12.1 Å². The topological polar surface area (TPSA) is 60.2 Å². The molecule has 1 aromatic heterocycles. The van der Waals surface area contributed by atoms with Crippen LogP contribution in [0.4, 0.5) is 17.1 Å². The molecular weight excluding hydrogens is 250 g/mol. The predicted molar refractivity (Wildman–Crippen MR) is 82.4 cm³/mol. The van der Waals surface area contributed by atoms with E-state index in [0.717, 1.165) is 22.1 Å². The van der Waals surface area contributed by atoms with Crippen molar-refractivity contribution in [2.24, 2.45) is 0 Å². The average molecular weight is 265 g/mol. The molecule has 0 fully saturated rings. The minimum absolute atomic E-state index is 0.623. The van der Waals surface area contributed by atoms with Crippen molar-refractivity contribution < 1.29 is 4.74 Å². The van der Waals surface area contributed by atoms with E-state index < -0.39 is 0 Å². The maximum Gasteiger partial charge on any atom is 0.143 e. The second kappa shape index (κ2) is 5.09. The highest BCUT2D eigenvalue weighted by Crippen LogP contribution is 2.29. The molecule has 20 heavy (non-hydrogen) atoms. The van der Waals surface area contributed by atoms with Crippen molar-refractivity contribution in [2.75, 3.05) is 18.2 Å². The Bertz CT molecular complexity index is 750. The SMILES string of the molecule is COc1cc(Nc2cccc3ccncc23)ccc1N. The minimum Gasteiger partial charge on any atom is -0.495 e. The molecule has 0 amide bonds. The number of fused-ring (bicyclic) bond motifs is 1. The summed E-state index contributed by atoms with van der Waals surface area (Å²) in [5.41, 5.74) is 8.37. The summed E-state index contributed by atoms with van der Waals surface area (Å²) in [5, 5.41) is 5.59. The van der Waals surface area contributed by atoms with Crippen LogP contribution < -0.4 is 15.8 Å². The third-order valence-corrected chi connectivity index (χ3v) is 3.20. The van der Waals surface area contributed by atoms with Crippen LogP contribution in [0, 0.1) is 0 Å². The normalized spacial score (nSPS) is 10.4. The minimum atomic E-state index is 0.623. The van der Waals surface area contributed by atoms with Gasteiger partial charge in [-0.25, -0.2) is 0 Å². The number of pyridine rings is 1. The molecule has 2 aromatic carbocycles. The van der Waals surface area contributed by atoms with Gasteiger partial charge in [-0.2, -0.15) is 0 Å². The molecule has 0 bridgehead atoms. The van der Waals surface area contributed by atoms with E-state index in [4.69, 9.17) is 10.5 Å². The van der Waals surface area contributed by atoms with Crippen LogP contribution in [-0.4, -0.2) is 12.1 Å². The van der Waals surface area contributed by atoms with Crippen LogP contribution in [0.15, 0.2) is 54.9 Å². The van der Waals surface area contributed by atoms with Crippen LogP contribution in [0.3, 0.4) is 0 Å². The van der Waals surface area contributed by atoms with Crippen molar-refractivity contribution in [3.63, 3.8) is 0 Å². The van der Waals surface area contributed by atoms with E-state index in [1.807, 2.05) is 42.6 Å². The quantitative estimate of drug-likeness (QED) is 0.711. The Morgan fingerprint density at radius 3 is 2.90 bits per heavy atom. The molecule has 0 radical (unpaired) electrons. The first-order chi connectivity index (χ1) is 9.78. The average Bonchev–Trinajstić information content (AvgIpc) is 2.49. The molecular formula is C16H15N3O. The molecule has 3 rings (SSSR count). The third kappa shape index (κ3) is 2.23. The van der Waals surface area contributed by atoms with E-state index in [9.17, 15) is 0 Å². The molecule has 0 saturated heterocycles. The number of methoxy groups -OCH3 is 1. The molecule has 0 aliphatic rings. The fourth-order valence-electron chi connectivity index (χ4n) is 2.17. The highest BCUT2D eigenvalue weighted by Gasteiger charge is 2.04. The number of aromatic nitrogens is 1. The van der Waals surface area contributed by atoms with Gasteiger partial charge in [0, 0.05) is 35.2 Å². The van der Waals surface area contributed by atoms with Gasteiger partial charge in [0.1, 0.15) is 5.75 Å². The summed E-state index contributed by atoms with van der Waals surface area (Å²) in [6.45, 7) is 0. The van der Waals surface area contributed by atoms with E-state index in [-0.39, 0.29) is 0 Å². The number of benzene rings is 2. The summed E-state index contributed by atoms with van der Waals surface area (Å²) in [7, 11) is 1.61. The Kier molecular flexibility index (Phi) is 3.13. The second-order valence-corrected chi connectivity index (χ2v) is 4.48. The number of nitrogens with two attached hydrogens (primary N) is 1. The van der Waals surface area contributed by atoms with Crippen LogP contribution in [-0.2, 0) is 0 Å². The van der Waals surface area contributed by atoms with Crippen LogP contribution in [0.1, 0.15) is 0 Å². The monoisotopic (exact) mass is 265 g/mol. The van der Waals surface area contributed by atoms with Gasteiger partial charge in [0.25, 0.3) is 0 Å². The van der Waals surface area contributed by atoms with E-state index >= 15 is 0 Å². The molecule has 0 spiro atoms. The van der Waals surface area contributed by atoms with Crippen molar-refractivity contribution in [3.05, 3.63) is 54.9 Å². The zero-order valence-corrected chi connectivity index (χ0v) is 11.1. The van der Waals surface area contributed by atoms with Crippen molar-refractivity contribution in [1.29, 1.82) is 0 Å². The molecule has 0 aliphatic heterocycles. The van der Waals surface area contributed by atoms with Gasteiger partial charge in [-0.15, -0.1) is 0 Å². The smallest absolute Gasteiger partial charge is 0.143 e. The Balaban J connectivity index is 2.01. The predicted octanol–water partition coefficient (Wildman–Crippen LogP) is 3.57. The fraction of sp³-hybridized carbons (Fsp3) is 0.0625. The number of hydrogen-bond acceptors (Lipinski definition) is 4. The molecule has 4 heteroatoms. The van der Waals surface area contributed by atoms with Gasteiger partial charge < -0.3 is 15.8 Å². The molecule has 3 aromatic rings. The Labute approximate surface area is 117 Å². The van der Waals surface area contributed by atoms with Crippen LogP contribution in [0.5, 0.6) is 5.75 Å². The summed E-state index contributed by atoms with van der Waals surface area (Å²) in [4.78, 5) is 4.18. The van der Waals surface area contributed by atoms with Crippen molar-refractivity contribution in [3.8, 4) is 5.75 Å². The largest absolute Gasteiger partial charge is 0.495 e. The number of ether oxygens (including phenoxy) is 1. The zero-order chi connectivity index (χ0) is 13.9. The lowest BCUT2D eigenvalue weighted by atomic mass is 10.1. The molecule has 4 nitrogen and oxygen atoms in total. The number of nitrogens with one attached hydrogen (secondary N) is 1. The highest BCUT2D eigenvalue weighted by atomic mass is 16.5. The molecule has 0 unspecified atom stereocenters. The summed E-state index contributed by atoms with van der Waals surface area (Å²) in [6.07, 6.45) is 3.64. The van der Waals surface area contributed by atoms with Gasteiger partial charge in [0.2, 0.25) is 0 Å². The van der Waals surface area contributed by atoms with Crippen molar-refractivity contribution in [1.82, 2.24) is 4.98 Å². The summed E-state index contributed by atoms with van der Waals surface area (Å²) >= 11 is 0. The molecule has 0 aliphatic carbocycles. The first-order valence-electron chi connectivity index (χ1n) is 6.31. The first-order valence-corrected chi connectivity index (χ1v) is 6.31. The first kappa shape index (κ1) is 12.3. The Morgan fingerprint density at radius 2 is 2.05 bits per heavy atom. The van der Waals surface area contributed by atoms with Crippen LogP contribution >= 0.6 is 0 Å². The summed E-state index contributed by atoms with van der Waals surface area (Å²) in [5.74, 6) is 0.661. The second-order valence-electron chi connectivity index (χ2n) is 4.48. The fourth-order valence-corrected chi connectivity index (χ4v) is 2.17. The number of rotatable bonds is 3. The van der Waals surface area contributed by atoms with Crippen molar-refractivity contribution >= 4 is 27.8 Å². The molecule has 0 atom stereocenters. The number of nitrogen functional groups attached to an aromatic ring is 1.